The Morgan fingerprint density at radius 1 is 1.67 bits per heavy atom. The molecule has 0 amide bonds. The fraction of sp³-hybridized carbons (Fsp3) is 0.714. The number of rotatable bonds is 4. The van der Waals surface area contributed by atoms with Crippen LogP contribution in [0.25, 0.3) is 0 Å². The van der Waals surface area contributed by atoms with Crippen molar-refractivity contribution in [3.05, 3.63) is 8.84 Å². The van der Waals surface area contributed by atoms with Gasteiger partial charge in [0.2, 0.25) is 0 Å². The van der Waals surface area contributed by atoms with Gasteiger partial charge in [0.25, 0.3) is 0 Å². The van der Waals surface area contributed by atoms with Crippen molar-refractivity contribution in [1.82, 2.24) is 9.36 Å². The van der Waals surface area contributed by atoms with Crippen molar-refractivity contribution in [3.8, 4) is 0 Å². The van der Waals surface area contributed by atoms with Crippen molar-refractivity contribution in [2.75, 3.05) is 7.11 Å². The summed E-state index contributed by atoms with van der Waals surface area (Å²) in [7, 11) is 1.70. The Labute approximate surface area is 89.9 Å². The Hall–Kier alpha value is 0.250. The molecule has 1 atom stereocenters. The van der Waals surface area contributed by atoms with Gasteiger partial charge in [0.15, 0.2) is 8.84 Å². The van der Waals surface area contributed by atoms with Crippen LogP contribution >= 0.6 is 34.1 Å². The maximum atomic E-state index is 5.27. The topological polar surface area (TPSA) is 35.0 Å². The number of aromatic nitrogens is 2. The SMILES string of the molecule is CCCC(OC)c1nsc(I)n1. The van der Waals surface area contributed by atoms with Gasteiger partial charge in [0.1, 0.15) is 6.10 Å². The van der Waals surface area contributed by atoms with E-state index in [2.05, 4.69) is 38.9 Å². The Morgan fingerprint density at radius 2 is 2.42 bits per heavy atom. The molecule has 0 saturated heterocycles. The van der Waals surface area contributed by atoms with Gasteiger partial charge >= 0.3 is 0 Å². The summed E-state index contributed by atoms with van der Waals surface area (Å²) in [5.74, 6) is 0.828. The minimum absolute atomic E-state index is 0.0785. The van der Waals surface area contributed by atoms with E-state index < -0.39 is 0 Å². The van der Waals surface area contributed by atoms with E-state index in [0.717, 1.165) is 21.7 Å². The largest absolute Gasteiger partial charge is 0.373 e. The second kappa shape index (κ2) is 5.08. The Bertz CT molecular complexity index is 241. The lowest BCUT2D eigenvalue weighted by Crippen LogP contribution is -2.02. The molecule has 1 aromatic rings. The second-order valence-corrected chi connectivity index (χ2v) is 4.92. The van der Waals surface area contributed by atoms with Gasteiger partial charge in [-0.2, -0.15) is 4.37 Å². The molecule has 0 aliphatic carbocycles. The zero-order chi connectivity index (χ0) is 8.97. The van der Waals surface area contributed by atoms with E-state index in [1.165, 1.54) is 11.5 Å². The lowest BCUT2D eigenvalue weighted by atomic mass is 10.2. The van der Waals surface area contributed by atoms with Gasteiger partial charge in [-0.05, 0) is 40.5 Å². The van der Waals surface area contributed by atoms with E-state index in [1.807, 2.05) is 0 Å². The van der Waals surface area contributed by atoms with E-state index in [4.69, 9.17) is 4.74 Å². The predicted molar refractivity (Wildman–Crippen MR) is 57.3 cm³/mol. The van der Waals surface area contributed by atoms with Gasteiger partial charge < -0.3 is 4.74 Å². The van der Waals surface area contributed by atoms with Crippen LogP contribution in [0.2, 0.25) is 0 Å². The number of halogens is 1. The standard InChI is InChI=1S/C7H11IN2OS/c1-3-4-5(11-2)6-9-7(8)12-10-6/h5H,3-4H2,1-2H3. The highest BCUT2D eigenvalue weighted by Gasteiger charge is 2.14. The molecule has 0 saturated carbocycles. The highest BCUT2D eigenvalue weighted by molar-refractivity contribution is 14.1. The van der Waals surface area contributed by atoms with Gasteiger partial charge in [-0.3, -0.25) is 0 Å². The number of hydrogen-bond donors (Lipinski definition) is 0. The minimum Gasteiger partial charge on any atom is -0.373 e. The summed E-state index contributed by atoms with van der Waals surface area (Å²) in [6.45, 7) is 2.13. The van der Waals surface area contributed by atoms with Crippen molar-refractivity contribution < 1.29 is 4.74 Å². The van der Waals surface area contributed by atoms with E-state index in [-0.39, 0.29) is 6.10 Å². The van der Waals surface area contributed by atoms with Crippen LogP contribution in [0.3, 0.4) is 0 Å². The molecule has 12 heavy (non-hydrogen) atoms. The fourth-order valence-electron chi connectivity index (χ4n) is 0.961. The van der Waals surface area contributed by atoms with Gasteiger partial charge in [0.05, 0.1) is 0 Å². The maximum Gasteiger partial charge on any atom is 0.174 e. The van der Waals surface area contributed by atoms with Gasteiger partial charge in [-0.1, -0.05) is 13.3 Å². The number of ether oxygens (including phenoxy) is 1. The van der Waals surface area contributed by atoms with E-state index in [9.17, 15) is 0 Å². The molecule has 0 radical (unpaired) electrons. The van der Waals surface area contributed by atoms with Crippen LogP contribution in [0.4, 0.5) is 0 Å². The first kappa shape index (κ1) is 10.3. The lowest BCUT2D eigenvalue weighted by molar-refractivity contribution is 0.0885. The molecule has 1 aromatic heterocycles. The van der Waals surface area contributed by atoms with Crippen LogP contribution in [0.15, 0.2) is 0 Å². The Morgan fingerprint density at radius 3 is 2.83 bits per heavy atom. The molecular formula is C7H11IN2OS. The summed E-state index contributed by atoms with van der Waals surface area (Å²) in [5, 5.41) is 0. The molecule has 1 unspecified atom stereocenters. The molecule has 0 bridgehead atoms. The number of hydrogen-bond acceptors (Lipinski definition) is 4. The average molecular weight is 298 g/mol. The van der Waals surface area contributed by atoms with E-state index in [0.29, 0.717) is 0 Å². The average Bonchev–Trinajstić information content (AvgIpc) is 2.47. The highest BCUT2D eigenvalue weighted by Crippen LogP contribution is 2.21. The molecule has 1 rings (SSSR count). The van der Waals surface area contributed by atoms with Crippen molar-refractivity contribution in [3.63, 3.8) is 0 Å². The molecule has 0 aliphatic heterocycles. The molecule has 0 aromatic carbocycles. The second-order valence-electron chi connectivity index (χ2n) is 2.42. The minimum atomic E-state index is 0.0785. The first-order valence-corrected chi connectivity index (χ1v) is 5.65. The highest BCUT2D eigenvalue weighted by atomic mass is 127. The van der Waals surface area contributed by atoms with E-state index in [1.54, 1.807) is 7.11 Å². The van der Waals surface area contributed by atoms with Crippen LogP contribution in [-0.4, -0.2) is 16.5 Å². The lowest BCUT2D eigenvalue weighted by Gasteiger charge is -2.08. The first-order valence-electron chi connectivity index (χ1n) is 3.79. The molecular weight excluding hydrogens is 287 g/mol. The summed E-state index contributed by atoms with van der Waals surface area (Å²) >= 11 is 3.59. The molecule has 0 fully saturated rings. The van der Waals surface area contributed by atoms with Crippen LogP contribution < -0.4 is 0 Å². The van der Waals surface area contributed by atoms with Crippen molar-refractivity contribution in [2.24, 2.45) is 0 Å². The summed E-state index contributed by atoms with van der Waals surface area (Å²) in [6.07, 6.45) is 2.16. The molecule has 0 spiro atoms. The van der Waals surface area contributed by atoms with Crippen LogP contribution in [0.1, 0.15) is 31.7 Å². The molecule has 3 nitrogen and oxygen atoms in total. The first-order chi connectivity index (χ1) is 5.77. The smallest absolute Gasteiger partial charge is 0.174 e. The number of nitrogens with zero attached hydrogens (tertiary/aromatic N) is 2. The monoisotopic (exact) mass is 298 g/mol. The summed E-state index contributed by atoms with van der Waals surface area (Å²) in [5.41, 5.74) is 0. The quantitative estimate of drug-likeness (QED) is 0.802. The third-order valence-electron chi connectivity index (χ3n) is 1.54. The van der Waals surface area contributed by atoms with Gasteiger partial charge in [-0.15, -0.1) is 0 Å². The summed E-state index contributed by atoms with van der Waals surface area (Å²) in [4.78, 5) is 4.27. The Balaban J connectivity index is 2.66. The Kier molecular flexibility index (Phi) is 4.38. The third kappa shape index (κ3) is 2.63. The summed E-state index contributed by atoms with van der Waals surface area (Å²) in [6, 6.07) is 0. The number of methoxy groups -OCH3 is 1. The van der Waals surface area contributed by atoms with Crippen LogP contribution in [0, 0.1) is 3.01 Å². The van der Waals surface area contributed by atoms with Gasteiger partial charge in [0, 0.05) is 7.11 Å². The van der Waals surface area contributed by atoms with E-state index >= 15 is 0 Å². The van der Waals surface area contributed by atoms with Crippen LogP contribution in [-0.2, 0) is 4.74 Å². The van der Waals surface area contributed by atoms with Crippen molar-refractivity contribution in [2.45, 2.75) is 25.9 Å². The fourth-order valence-corrected chi connectivity index (χ4v) is 1.96. The van der Waals surface area contributed by atoms with Crippen LogP contribution in [0.5, 0.6) is 0 Å². The molecule has 0 aliphatic rings. The summed E-state index contributed by atoms with van der Waals surface area (Å²) < 4.78 is 10.4. The van der Waals surface area contributed by atoms with Gasteiger partial charge in [-0.25, -0.2) is 4.98 Å². The normalized spacial score (nSPS) is 13.2. The predicted octanol–water partition coefficient (Wildman–Crippen LogP) is 2.63. The molecule has 0 N–H and O–H groups in total. The van der Waals surface area contributed by atoms with Crippen molar-refractivity contribution >= 4 is 34.1 Å². The maximum absolute atomic E-state index is 5.27. The zero-order valence-corrected chi connectivity index (χ0v) is 10.1. The zero-order valence-electron chi connectivity index (χ0n) is 7.08. The third-order valence-corrected chi connectivity index (χ3v) is 2.89. The molecule has 5 heteroatoms. The van der Waals surface area contributed by atoms with Crippen molar-refractivity contribution in [1.29, 1.82) is 0 Å². The molecule has 1 heterocycles. The molecule has 68 valence electrons.